The Balaban J connectivity index is 2.77. The molecule has 0 aliphatic heterocycles. The van der Waals surface area contributed by atoms with E-state index in [1.807, 2.05) is 0 Å². The van der Waals surface area contributed by atoms with Gasteiger partial charge in [0.05, 0.1) is 6.61 Å². The molecule has 0 spiro atoms. The molecule has 1 rings (SSSR count). The molecule has 0 heterocycles. The van der Waals surface area contributed by atoms with E-state index in [9.17, 15) is 4.39 Å². The van der Waals surface area contributed by atoms with Crippen molar-refractivity contribution < 1.29 is 9.50 Å². The average Bonchev–Trinajstić information content (AvgIpc) is 2.09. The molecular weight excluding hydrogens is 155 g/mol. The number of rotatable bonds is 2. The maximum Gasteiger partial charge on any atom is 0.123 e. The van der Waals surface area contributed by atoms with Crippen LogP contribution in [-0.4, -0.2) is 11.7 Å². The summed E-state index contributed by atoms with van der Waals surface area (Å²) in [5, 5.41) is 8.39. The van der Waals surface area contributed by atoms with E-state index in [0.717, 1.165) is 5.56 Å². The molecule has 0 saturated heterocycles. The van der Waals surface area contributed by atoms with Crippen LogP contribution in [0.3, 0.4) is 0 Å². The Kier molecular flexibility index (Phi) is 3.27. The normalized spacial score (nSPS) is 8.83. The summed E-state index contributed by atoms with van der Waals surface area (Å²) in [7, 11) is 0. The number of benzene rings is 1. The summed E-state index contributed by atoms with van der Waals surface area (Å²) in [4.78, 5) is 0. The van der Waals surface area contributed by atoms with Gasteiger partial charge in [-0.05, 0) is 29.8 Å². The van der Waals surface area contributed by atoms with Crippen LogP contribution in [0, 0.1) is 5.82 Å². The summed E-state index contributed by atoms with van der Waals surface area (Å²) in [6, 6.07) is 6.06. The molecule has 0 fully saturated rings. The van der Waals surface area contributed by atoms with Gasteiger partial charge in [-0.1, -0.05) is 12.1 Å². The molecule has 12 heavy (non-hydrogen) atoms. The summed E-state index contributed by atoms with van der Waals surface area (Å²) >= 11 is 0. The fraction of sp³-hybridized carbons (Fsp3) is 0.100. The van der Waals surface area contributed by atoms with Crippen molar-refractivity contribution in [1.82, 2.24) is 0 Å². The topological polar surface area (TPSA) is 20.2 Å². The van der Waals surface area contributed by atoms with Gasteiger partial charge in [0.25, 0.3) is 0 Å². The highest BCUT2D eigenvalue weighted by Crippen LogP contribution is 2.03. The van der Waals surface area contributed by atoms with E-state index in [-0.39, 0.29) is 12.4 Å². The second-order valence-electron chi connectivity index (χ2n) is 2.25. The van der Waals surface area contributed by atoms with E-state index in [0.29, 0.717) is 0 Å². The Hall–Kier alpha value is -1.37. The van der Waals surface area contributed by atoms with Crippen LogP contribution in [0.25, 0.3) is 6.08 Å². The number of aliphatic hydroxyl groups excluding tert-OH is 1. The van der Waals surface area contributed by atoms with Gasteiger partial charge in [0.1, 0.15) is 5.82 Å². The monoisotopic (exact) mass is 164 g/mol. The van der Waals surface area contributed by atoms with Crippen LogP contribution in [0.2, 0.25) is 0 Å². The zero-order chi connectivity index (χ0) is 8.81. The first-order chi connectivity index (χ1) is 5.83. The highest BCUT2D eigenvalue weighted by molar-refractivity contribution is 5.48. The van der Waals surface area contributed by atoms with Gasteiger partial charge in [0, 0.05) is 0 Å². The molecule has 0 unspecified atom stereocenters. The minimum absolute atomic E-state index is 0.0301. The number of halogens is 1. The van der Waals surface area contributed by atoms with E-state index in [1.54, 1.807) is 18.2 Å². The van der Waals surface area contributed by atoms with Crippen molar-refractivity contribution in [3.05, 3.63) is 47.5 Å². The van der Waals surface area contributed by atoms with Crippen LogP contribution >= 0.6 is 0 Å². The third-order valence-electron chi connectivity index (χ3n) is 1.33. The lowest BCUT2D eigenvalue weighted by Gasteiger charge is -1.89. The molecule has 0 saturated carbocycles. The molecule has 1 N–H and O–H groups in total. The minimum atomic E-state index is -0.252. The van der Waals surface area contributed by atoms with Gasteiger partial charge in [0.15, 0.2) is 0 Å². The Labute approximate surface area is 70.5 Å². The molecule has 1 aromatic carbocycles. The number of hydrogen-bond donors (Lipinski definition) is 1. The Bertz CT molecular complexity index is 294. The molecule has 1 nitrogen and oxygen atoms in total. The number of hydrogen-bond acceptors (Lipinski definition) is 1. The lowest BCUT2D eigenvalue weighted by molar-refractivity contribution is 0.343. The van der Waals surface area contributed by atoms with Crippen molar-refractivity contribution in [3.8, 4) is 0 Å². The standard InChI is InChI=1S/C10H9FO/c11-10-6-4-9(5-7-10)3-1-2-8-12/h2-7,12H,8H2. The van der Waals surface area contributed by atoms with Gasteiger partial charge >= 0.3 is 0 Å². The summed E-state index contributed by atoms with van der Waals surface area (Å²) in [5.74, 6) is -0.252. The van der Waals surface area contributed by atoms with E-state index in [4.69, 9.17) is 5.11 Å². The van der Waals surface area contributed by atoms with Crippen molar-refractivity contribution >= 4 is 6.08 Å². The summed E-state index contributed by atoms with van der Waals surface area (Å²) < 4.78 is 12.4. The largest absolute Gasteiger partial charge is 0.392 e. The zero-order valence-electron chi connectivity index (χ0n) is 6.50. The summed E-state index contributed by atoms with van der Waals surface area (Å²) in [6.45, 7) is -0.0301. The first kappa shape index (κ1) is 8.72. The fourth-order valence-electron chi connectivity index (χ4n) is 0.767. The third-order valence-corrected chi connectivity index (χ3v) is 1.33. The minimum Gasteiger partial charge on any atom is -0.392 e. The highest BCUT2D eigenvalue weighted by atomic mass is 19.1. The van der Waals surface area contributed by atoms with Crippen molar-refractivity contribution in [3.63, 3.8) is 0 Å². The Morgan fingerprint density at radius 2 is 2.00 bits per heavy atom. The van der Waals surface area contributed by atoms with Crippen molar-refractivity contribution in [1.29, 1.82) is 0 Å². The van der Waals surface area contributed by atoms with Gasteiger partial charge < -0.3 is 5.11 Å². The maximum atomic E-state index is 12.4. The Morgan fingerprint density at radius 3 is 2.58 bits per heavy atom. The lowest BCUT2D eigenvalue weighted by atomic mass is 10.2. The van der Waals surface area contributed by atoms with Crippen molar-refractivity contribution in [2.45, 2.75) is 0 Å². The highest BCUT2D eigenvalue weighted by Gasteiger charge is 1.86. The van der Waals surface area contributed by atoms with Gasteiger partial charge in [-0.3, -0.25) is 0 Å². The summed E-state index contributed by atoms with van der Waals surface area (Å²) in [6.07, 6.45) is 3.17. The van der Waals surface area contributed by atoms with Crippen molar-refractivity contribution in [2.24, 2.45) is 0 Å². The smallest absolute Gasteiger partial charge is 0.123 e. The van der Waals surface area contributed by atoms with E-state index in [1.165, 1.54) is 18.2 Å². The molecule has 0 atom stereocenters. The second-order valence-corrected chi connectivity index (χ2v) is 2.25. The van der Waals surface area contributed by atoms with Gasteiger partial charge in [0.2, 0.25) is 0 Å². The third kappa shape index (κ3) is 2.70. The first-order valence-electron chi connectivity index (χ1n) is 3.60. The van der Waals surface area contributed by atoms with Gasteiger partial charge in [-0.25, -0.2) is 4.39 Å². The Morgan fingerprint density at radius 1 is 1.33 bits per heavy atom. The van der Waals surface area contributed by atoms with Crippen LogP contribution in [0.4, 0.5) is 4.39 Å². The van der Waals surface area contributed by atoms with Crippen LogP contribution in [0.5, 0.6) is 0 Å². The van der Waals surface area contributed by atoms with Crippen LogP contribution in [0.15, 0.2) is 36.1 Å². The van der Waals surface area contributed by atoms with Gasteiger partial charge in [-0.2, -0.15) is 0 Å². The van der Waals surface area contributed by atoms with E-state index < -0.39 is 0 Å². The quantitative estimate of drug-likeness (QED) is 0.663. The molecule has 0 aromatic heterocycles. The maximum absolute atomic E-state index is 12.4. The lowest BCUT2D eigenvalue weighted by Crippen LogP contribution is -1.73. The van der Waals surface area contributed by atoms with Crippen LogP contribution in [-0.2, 0) is 0 Å². The van der Waals surface area contributed by atoms with E-state index in [2.05, 4.69) is 5.73 Å². The van der Waals surface area contributed by atoms with Crippen LogP contribution < -0.4 is 0 Å². The van der Waals surface area contributed by atoms with Gasteiger partial charge in [-0.15, -0.1) is 5.73 Å². The zero-order valence-corrected chi connectivity index (χ0v) is 6.50. The predicted octanol–water partition coefficient (Wildman–Crippen LogP) is 1.99. The molecule has 62 valence electrons. The molecule has 0 radical (unpaired) electrons. The molecule has 0 amide bonds. The van der Waals surface area contributed by atoms with Crippen LogP contribution in [0.1, 0.15) is 5.56 Å². The molecule has 0 bridgehead atoms. The SMILES string of the molecule is OCC=C=Cc1ccc(F)cc1. The van der Waals surface area contributed by atoms with Crippen molar-refractivity contribution in [2.75, 3.05) is 6.61 Å². The molecule has 0 aliphatic carbocycles. The number of aliphatic hydroxyl groups is 1. The second kappa shape index (κ2) is 4.50. The fourth-order valence-corrected chi connectivity index (χ4v) is 0.767. The molecule has 1 aromatic rings. The predicted molar refractivity (Wildman–Crippen MR) is 46.0 cm³/mol. The summed E-state index contributed by atoms with van der Waals surface area (Å²) in [5.41, 5.74) is 3.61. The molecule has 0 aliphatic rings. The first-order valence-corrected chi connectivity index (χ1v) is 3.60. The molecule has 2 heteroatoms. The molecular formula is C10H9FO. The average molecular weight is 164 g/mol. The van der Waals surface area contributed by atoms with E-state index >= 15 is 0 Å².